The van der Waals surface area contributed by atoms with Gasteiger partial charge in [-0.15, -0.1) is 0 Å². The van der Waals surface area contributed by atoms with E-state index in [-0.39, 0.29) is 40.8 Å². The van der Waals surface area contributed by atoms with E-state index in [0.29, 0.717) is 36.1 Å². The molecule has 0 fully saturated rings. The monoisotopic (exact) mass is 517 g/mol. The Morgan fingerprint density at radius 2 is 2.08 bits per heavy atom. The average Bonchev–Trinajstić information content (AvgIpc) is 2.88. The normalized spacial score (nSPS) is 17.0. The van der Waals surface area contributed by atoms with Crippen molar-refractivity contribution in [1.29, 1.82) is 0 Å². The average molecular weight is 518 g/mol. The predicted octanol–water partition coefficient (Wildman–Crippen LogP) is 5.29. The zero-order valence-corrected chi connectivity index (χ0v) is 20.6. The number of urea groups is 1. The van der Waals surface area contributed by atoms with Crippen LogP contribution in [0.25, 0.3) is 11.1 Å². The molecule has 11 heteroatoms. The molecule has 1 aliphatic heterocycles. The van der Waals surface area contributed by atoms with Gasteiger partial charge in [0.2, 0.25) is 5.88 Å². The number of carbonyl (C=O) groups excluding carboxylic acids is 1. The molecule has 2 N–H and O–H groups in total. The van der Waals surface area contributed by atoms with E-state index in [1.54, 1.807) is 17.0 Å². The second-order valence-corrected chi connectivity index (χ2v) is 8.81. The van der Waals surface area contributed by atoms with Crippen LogP contribution in [-0.2, 0) is 6.42 Å². The highest BCUT2D eigenvalue weighted by molar-refractivity contribution is 6.33. The molecule has 2 aromatic heterocycles. The van der Waals surface area contributed by atoms with Crippen LogP contribution in [0.1, 0.15) is 44.0 Å². The first-order valence-corrected chi connectivity index (χ1v) is 12.1. The van der Waals surface area contributed by atoms with Gasteiger partial charge < -0.3 is 15.0 Å². The fourth-order valence-corrected chi connectivity index (χ4v) is 4.76. The number of carbonyl (C=O) groups is 1. The van der Waals surface area contributed by atoms with Crippen molar-refractivity contribution in [2.24, 2.45) is 0 Å². The van der Waals surface area contributed by atoms with Gasteiger partial charge in [0.25, 0.3) is 5.56 Å². The van der Waals surface area contributed by atoms with Crippen molar-refractivity contribution < 1.29 is 18.3 Å². The largest absolute Gasteiger partial charge is 0.475 e. The first-order chi connectivity index (χ1) is 17.4. The number of aromatic nitrogens is 3. The molecule has 1 aromatic carbocycles. The maximum atomic E-state index is 15.1. The summed E-state index contributed by atoms with van der Waals surface area (Å²) in [5, 5.41) is 9.51. The lowest BCUT2D eigenvalue weighted by atomic mass is 9.90. The molecule has 3 heterocycles. The number of benzene rings is 1. The quantitative estimate of drug-likeness (QED) is 0.443. The maximum Gasteiger partial charge on any atom is 0.322 e. The molecule has 0 saturated carbocycles. The predicted molar refractivity (Wildman–Crippen MR) is 133 cm³/mol. The Balaban J connectivity index is 1.58. The molecule has 0 spiro atoms. The molecule has 2 amide bonds. The number of amides is 2. The minimum atomic E-state index is -0.665. The van der Waals surface area contributed by atoms with Gasteiger partial charge in [-0.1, -0.05) is 25.4 Å². The van der Waals surface area contributed by atoms with Crippen LogP contribution in [-0.4, -0.2) is 45.4 Å². The van der Waals surface area contributed by atoms with Crippen LogP contribution in [0.3, 0.4) is 0 Å². The van der Waals surface area contributed by atoms with Crippen LogP contribution in [0, 0.1) is 5.82 Å². The summed E-state index contributed by atoms with van der Waals surface area (Å²) in [6.07, 6.45) is 3.14. The van der Waals surface area contributed by atoms with Crippen LogP contribution >= 0.6 is 11.6 Å². The number of nitrogens with zero attached hydrogens (tertiary/aromatic N) is 3. The van der Waals surface area contributed by atoms with Crippen molar-refractivity contribution in [3.05, 3.63) is 69.0 Å². The van der Waals surface area contributed by atoms with Gasteiger partial charge in [0, 0.05) is 35.5 Å². The molecule has 36 heavy (non-hydrogen) atoms. The van der Waals surface area contributed by atoms with Crippen molar-refractivity contribution in [2.45, 2.75) is 45.2 Å². The Hall–Kier alpha value is -3.53. The first kappa shape index (κ1) is 25.6. The molecule has 1 aliphatic rings. The molecule has 4 rings (SSSR count). The number of anilines is 1. The van der Waals surface area contributed by atoms with Crippen molar-refractivity contribution in [3.8, 4) is 17.0 Å². The van der Waals surface area contributed by atoms with E-state index in [2.05, 4.69) is 20.5 Å². The van der Waals surface area contributed by atoms with E-state index in [9.17, 15) is 14.0 Å². The molecule has 0 radical (unpaired) electrons. The van der Waals surface area contributed by atoms with Crippen molar-refractivity contribution in [1.82, 2.24) is 20.1 Å². The fourth-order valence-electron chi connectivity index (χ4n) is 4.49. The van der Waals surface area contributed by atoms with E-state index in [1.165, 1.54) is 24.4 Å². The summed E-state index contributed by atoms with van der Waals surface area (Å²) in [5.41, 5.74) is 2.02. The summed E-state index contributed by atoms with van der Waals surface area (Å²) in [6, 6.07) is 6.24. The third kappa shape index (κ3) is 5.18. The zero-order chi connectivity index (χ0) is 25.8. The fraction of sp³-hybridized carbons (Fsp3) is 0.360. The number of ether oxygens (including phenoxy) is 1. The summed E-state index contributed by atoms with van der Waals surface area (Å²) in [6.45, 7) is 3.14. The van der Waals surface area contributed by atoms with Gasteiger partial charge in [0.05, 0.1) is 22.4 Å². The maximum absolute atomic E-state index is 15.1. The molecular weight excluding hydrogens is 492 g/mol. The third-order valence-electron chi connectivity index (χ3n) is 6.19. The van der Waals surface area contributed by atoms with Crippen LogP contribution in [0.5, 0.6) is 5.88 Å². The summed E-state index contributed by atoms with van der Waals surface area (Å²) < 4.78 is 32.5. The van der Waals surface area contributed by atoms with Crippen molar-refractivity contribution >= 4 is 23.3 Å². The summed E-state index contributed by atoms with van der Waals surface area (Å²) in [5.74, 6) is -0.420. The van der Waals surface area contributed by atoms with Gasteiger partial charge in [-0.2, -0.15) is 5.10 Å². The lowest BCUT2D eigenvalue weighted by Crippen LogP contribution is -2.49. The number of hydrogen-bond acceptors (Lipinski definition) is 5. The van der Waals surface area contributed by atoms with Gasteiger partial charge in [0.1, 0.15) is 19.1 Å². The van der Waals surface area contributed by atoms with Crippen molar-refractivity contribution in [3.63, 3.8) is 0 Å². The van der Waals surface area contributed by atoms with E-state index < -0.39 is 18.5 Å². The van der Waals surface area contributed by atoms with Crippen molar-refractivity contribution in [2.75, 3.05) is 18.6 Å². The second-order valence-electron chi connectivity index (χ2n) is 8.40. The Bertz CT molecular complexity index is 1300. The number of alkyl halides is 1. The molecule has 0 bridgehead atoms. The standard InChI is InChI=1S/C25H26ClF2N5O3/c1-3-16-9-15-10-22(34)31-32-24(15)21(4-2)33(16)25(35)30-20-12-18(26)17(11-19(20)28)14-5-6-23(29-13-14)36-8-7-27/h5-6,10-13,16,21H,3-4,7-9H2,1-2H3,(H,30,35)(H,31,34). The summed E-state index contributed by atoms with van der Waals surface area (Å²) in [4.78, 5) is 30.9. The molecule has 8 nitrogen and oxygen atoms in total. The SMILES string of the molecule is CCC1Cc2cc(=O)[nH]nc2C(CC)N1C(=O)Nc1cc(Cl)c(-c2ccc(OCCF)nc2)cc1F. The minimum Gasteiger partial charge on any atom is -0.475 e. The van der Waals surface area contributed by atoms with Crippen LogP contribution < -0.4 is 15.6 Å². The van der Waals surface area contributed by atoms with Crippen LogP contribution in [0.2, 0.25) is 5.02 Å². The third-order valence-corrected chi connectivity index (χ3v) is 6.50. The van der Waals surface area contributed by atoms with E-state index >= 15 is 4.39 Å². The van der Waals surface area contributed by atoms with E-state index in [1.807, 2.05) is 13.8 Å². The van der Waals surface area contributed by atoms with E-state index in [0.717, 1.165) is 5.56 Å². The highest BCUT2D eigenvalue weighted by Crippen LogP contribution is 2.36. The minimum absolute atomic E-state index is 0.0606. The molecule has 3 aromatic rings. The number of aromatic amines is 1. The number of hydrogen-bond donors (Lipinski definition) is 2. The van der Waals surface area contributed by atoms with Gasteiger partial charge >= 0.3 is 6.03 Å². The Labute approximate surface area is 211 Å². The topological polar surface area (TPSA) is 100 Å². The summed E-state index contributed by atoms with van der Waals surface area (Å²) >= 11 is 6.44. The molecule has 190 valence electrons. The zero-order valence-electron chi connectivity index (χ0n) is 19.9. The lowest BCUT2D eigenvalue weighted by Gasteiger charge is -2.41. The number of H-pyrrole nitrogens is 1. The first-order valence-electron chi connectivity index (χ1n) is 11.7. The summed E-state index contributed by atoms with van der Waals surface area (Å²) in [7, 11) is 0. The second kappa shape index (κ2) is 11.0. The van der Waals surface area contributed by atoms with E-state index in [4.69, 9.17) is 16.3 Å². The Morgan fingerprint density at radius 1 is 1.28 bits per heavy atom. The van der Waals surface area contributed by atoms with Gasteiger partial charge in [-0.25, -0.2) is 23.7 Å². The highest BCUT2D eigenvalue weighted by Gasteiger charge is 2.37. The molecule has 0 aliphatic carbocycles. The number of rotatable bonds is 7. The smallest absolute Gasteiger partial charge is 0.322 e. The highest BCUT2D eigenvalue weighted by atomic mass is 35.5. The van der Waals surface area contributed by atoms with Crippen LogP contribution in [0.15, 0.2) is 41.3 Å². The molecule has 0 saturated heterocycles. The number of nitrogens with one attached hydrogen (secondary N) is 2. The van der Waals surface area contributed by atoms with Crippen LogP contribution in [0.4, 0.5) is 19.3 Å². The Morgan fingerprint density at radius 3 is 2.75 bits per heavy atom. The molecule has 2 atom stereocenters. The van der Waals surface area contributed by atoms with Gasteiger partial charge in [-0.05, 0) is 43.0 Å². The van der Waals surface area contributed by atoms with Gasteiger partial charge in [-0.3, -0.25) is 4.79 Å². The number of fused-ring (bicyclic) bond motifs is 1. The Kier molecular flexibility index (Phi) is 7.83. The van der Waals surface area contributed by atoms with Gasteiger partial charge in [0.15, 0.2) is 0 Å². The molecule has 2 unspecified atom stereocenters. The lowest BCUT2D eigenvalue weighted by molar-refractivity contribution is 0.135. The molecular formula is C25H26ClF2N5O3. The number of pyridine rings is 1. The number of halogens is 3.